The highest BCUT2D eigenvalue weighted by molar-refractivity contribution is 5.94. The Hall–Kier alpha value is -2.29. The minimum Gasteiger partial charge on any atom is -0.493 e. The number of hydrogen-bond acceptors (Lipinski definition) is 2. The second kappa shape index (κ2) is 7.52. The van der Waals surface area contributed by atoms with Crippen LogP contribution in [-0.4, -0.2) is 18.6 Å². The van der Waals surface area contributed by atoms with Crippen molar-refractivity contribution in [3.63, 3.8) is 0 Å². The first kappa shape index (κ1) is 16.6. The molecule has 1 N–H and O–H groups in total. The lowest BCUT2D eigenvalue weighted by atomic mass is 10.0. The standard InChI is InChI=1S/C21H25NO2/c1-3-4-16-5-8-18(9-6-16)21(23)22-15(2)13-17-7-10-20-19(14-17)11-12-24-20/h5-10,14-15H,3-4,11-13H2,1-2H3,(H,22,23). The smallest absolute Gasteiger partial charge is 0.251 e. The van der Waals surface area contributed by atoms with E-state index in [1.807, 2.05) is 37.3 Å². The fourth-order valence-corrected chi connectivity index (χ4v) is 3.19. The molecule has 1 unspecified atom stereocenters. The van der Waals surface area contributed by atoms with E-state index in [4.69, 9.17) is 4.74 Å². The third kappa shape index (κ3) is 3.97. The van der Waals surface area contributed by atoms with E-state index in [0.29, 0.717) is 0 Å². The normalized spacial score (nSPS) is 13.9. The van der Waals surface area contributed by atoms with Crippen LogP contribution in [0.2, 0.25) is 0 Å². The highest BCUT2D eigenvalue weighted by Gasteiger charge is 2.14. The molecule has 1 aliphatic rings. The molecule has 0 spiro atoms. The fraction of sp³-hybridized carbons (Fsp3) is 0.381. The van der Waals surface area contributed by atoms with Crippen LogP contribution in [0.5, 0.6) is 5.75 Å². The van der Waals surface area contributed by atoms with Crippen molar-refractivity contribution in [1.29, 1.82) is 0 Å². The molecule has 0 aromatic heterocycles. The lowest BCUT2D eigenvalue weighted by Gasteiger charge is -2.15. The van der Waals surface area contributed by atoms with Crippen molar-refractivity contribution in [1.82, 2.24) is 5.32 Å². The molecule has 1 aliphatic heterocycles. The van der Waals surface area contributed by atoms with Crippen molar-refractivity contribution in [2.24, 2.45) is 0 Å². The first-order valence-electron chi connectivity index (χ1n) is 8.80. The maximum atomic E-state index is 12.4. The number of carbonyl (C=O) groups excluding carboxylic acids is 1. The molecule has 24 heavy (non-hydrogen) atoms. The first-order chi connectivity index (χ1) is 11.7. The lowest BCUT2D eigenvalue weighted by molar-refractivity contribution is 0.0940. The van der Waals surface area contributed by atoms with Crippen molar-refractivity contribution in [2.45, 2.75) is 45.6 Å². The van der Waals surface area contributed by atoms with Crippen molar-refractivity contribution >= 4 is 5.91 Å². The minimum atomic E-state index is -0.00459. The number of carbonyl (C=O) groups is 1. The summed E-state index contributed by atoms with van der Waals surface area (Å²) in [5, 5.41) is 3.09. The number of aryl methyl sites for hydroxylation is 1. The third-order valence-electron chi connectivity index (χ3n) is 4.43. The molecule has 126 valence electrons. The lowest BCUT2D eigenvalue weighted by Crippen LogP contribution is -2.34. The van der Waals surface area contributed by atoms with Crippen molar-refractivity contribution < 1.29 is 9.53 Å². The zero-order valence-electron chi connectivity index (χ0n) is 14.5. The number of ether oxygens (including phenoxy) is 1. The summed E-state index contributed by atoms with van der Waals surface area (Å²) >= 11 is 0. The zero-order valence-corrected chi connectivity index (χ0v) is 14.5. The first-order valence-corrected chi connectivity index (χ1v) is 8.80. The van der Waals surface area contributed by atoms with Crippen LogP contribution in [0.4, 0.5) is 0 Å². The van der Waals surface area contributed by atoms with Crippen LogP contribution in [0.15, 0.2) is 42.5 Å². The Labute approximate surface area is 144 Å². The van der Waals surface area contributed by atoms with Gasteiger partial charge in [-0.3, -0.25) is 4.79 Å². The molecule has 3 nitrogen and oxygen atoms in total. The molecule has 0 saturated heterocycles. The Morgan fingerprint density at radius 3 is 2.67 bits per heavy atom. The van der Waals surface area contributed by atoms with Gasteiger partial charge in [-0.2, -0.15) is 0 Å². The van der Waals surface area contributed by atoms with E-state index in [1.54, 1.807) is 0 Å². The van der Waals surface area contributed by atoms with E-state index in [0.717, 1.165) is 43.6 Å². The number of fused-ring (bicyclic) bond motifs is 1. The maximum Gasteiger partial charge on any atom is 0.251 e. The van der Waals surface area contributed by atoms with E-state index in [-0.39, 0.29) is 11.9 Å². The number of rotatable bonds is 6. The SMILES string of the molecule is CCCc1ccc(C(=O)NC(C)Cc2ccc3c(c2)CCO3)cc1. The molecule has 3 heteroatoms. The Kier molecular flexibility index (Phi) is 5.19. The molecular weight excluding hydrogens is 298 g/mol. The minimum absolute atomic E-state index is 0.00459. The van der Waals surface area contributed by atoms with Crippen LogP contribution in [0.1, 0.15) is 47.3 Å². The highest BCUT2D eigenvalue weighted by Crippen LogP contribution is 2.26. The third-order valence-corrected chi connectivity index (χ3v) is 4.43. The number of hydrogen-bond donors (Lipinski definition) is 1. The largest absolute Gasteiger partial charge is 0.493 e. The van der Waals surface area contributed by atoms with Crippen molar-refractivity contribution in [3.8, 4) is 5.75 Å². The summed E-state index contributed by atoms with van der Waals surface area (Å²) in [5.41, 5.74) is 4.52. The van der Waals surface area contributed by atoms with Gasteiger partial charge >= 0.3 is 0 Å². The summed E-state index contributed by atoms with van der Waals surface area (Å²) in [6, 6.07) is 14.3. The van der Waals surface area contributed by atoms with E-state index in [2.05, 4.69) is 24.4 Å². The molecule has 1 atom stereocenters. The Bertz CT molecular complexity index is 706. The Balaban J connectivity index is 1.57. The average Bonchev–Trinajstić information content (AvgIpc) is 3.03. The van der Waals surface area contributed by atoms with E-state index in [9.17, 15) is 4.79 Å². The van der Waals surface area contributed by atoms with Gasteiger partial charge in [0.25, 0.3) is 5.91 Å². The predicted octanol–water partition coefficient (Wildman–Crippen LogP) is 3.94. The summed E-state index contributed by atoms with van der Waals surface area (Å²) < 4.78 is 5.54. The molecule has 0 fully saturated rings. The molecular formula is C21H25NO2. The van der Waals surface area contributed by atoms with Gasteiger partial charge in [-0.05, 0) is 54.7 Å². The zero-order chi connectivity index (χ0) is 16.9. The Morgan fingerprint density at radius 1 is 1.17 bits per heavy atom. The van der Waals surface area contributed by atoms with E-state index < -0.39 is 0 Å². The van der Waals surface area contributed by atoms with Crippen molar-refractivity contribution in [3.05, 3.63) is 64.7 Å². The molecule has 0 radical (unpaired) electrons. The van der Waals surface area contributed by atoms with Gasteiger partial charge in [0.05, 0.1) is 6.61 Å². The van der Waals surface area contributed by atoms with Crippen LogP contribution in [0.3, 0.4) is 0 Å². The number of nitrogens with one attached hydrogen (secondary N) is 1. The molecule has 0 saturated carbocycles. The summed E-state index contributed by atoms with van der Waals surface area (Å²) in [6.45, 7) is 4.99. The van der Waals surface area contributed by atoms with Crippen LogP contribution in [0.25, 0.3) is 0 Å². The van der Waals surface area contributed by atoms with E-state index >= 15 is 0 Å². The molecule has 1 heterocycles. The predicted molar refractivity (Wildman–Crippen MR) is 96.7 cm³/mol. The van der Waals surface area contributed by atoms with Crippen LogP contribution in [0, 0.1) is 0 Å². The summed E-state index contributed by atoms with van der Waals surface area (Å²) in [6.07, 6.45) is 3.98. The van der Waals surface area contributed by atoms with Crippen LogP contribution >= 0.6 is 0 Å². The molecule has 2 aromatic carbocycles. The second-order valence-electron chi connectivity index (χ2n) is 6.57. The molecule has 1 amide bonds. The summed E-state index contributed by atoms with van der Waals surface area (Å²) in [7, 11) is 0. The van der Waals surface area contributed by atoms with Gasteiger partial charge in [0.15, 0.2) is 0 Å². The summed E-state index contributed by atoms with van der Waals surface area (Å²) in [5.74, 6) is 0.998. The van der Waals surface area contributed by atoms with Gasteiger partial charge in [0, 0.05) is 18.0 Å². The molecule has 0 bridgehead atoms. The van der Waals surface area contributed by atoms with Crippen LogP contribution in [-0.2, 0) is 19.3 Å². The number of amides is 1. The topological polar surface area (TPSA) is 38.3 Å². The highest BCUT2D eigenvalue weighted by atomic mass is 16.5. The summed E-state index contributed by atoms with van der Waals surface area (Å²) in [4.78, 5) is 12.4. The monoisotopic (exact) mass is 323 g/mol. The van der Waals surface area contributed by atoms with Gasteiger partial charge in [-0.1, -0.05) is 37.6 Å². The number of benzene rings is 2. The van der Waals surface area contributed by atoms with Gasteiger partial charge < -0.3 is 10.1 Å². The van der Waals surface area contributed by atoms with Gasteiger partial charge in [0.2, 0.25) is 0 Å². The molecule has 3 rings (SSSR count). The molecule has 2 aromatic rings. The Morgan fingerprint density at radius 2 is 1.92 bits per heavy atom. The van der Waals surface area contributed by atoms with Gasteiger partial charge in [0.1, 0.15) is 5.75 Å². The quantitative estimate of drug-likeness (QED) is 0.874. The fourth-order valence-electron chi connectivity index (χ4n) is 3.19. The average molecular weight is 323 g/mol. The van der Waals surface area contributed by atoms with Crippen molar-refractivity contribution in [2.75, 3.05) is 6.61 Å². The maximum absolute atomic E-state index is 12.4. The molecule has 0 aliphatic carbocycles. The second-order valence-corrected chi connectivity index (χ2v) is 6.57. The van der Waals surface area contributed by atoms with Gasteiger partial charge in [-0.15, -0.1) is 0 Å². The van der Waals surface area contributed by atoms with Gasteiger partial charge in [-0.25, -0.2) is 0 Å². The van der Waals surface area contributed by atoms with E-state index in [1.165, 1.54) is 16.7 Å². The van der Waals surface area contributed by atoms with Crippen LogP contribution < -0.4 is 10.1 Å².